The van der Waals surface area contributed by atoms with Gasteiger partial charge in [0.15, 0.2) is 0 Å². The molecule has 0 aromatic heterocycles. The summed E-state index contributed by atoms with van der Waals surface area (Å²) in [4.78, 5) is 10.2. The summed E-state index contributed by atoms with van der Waals surface area (Å²) >= 11 is 1.70. The molecule has 0 bridgehead atoms. The Kier molecular flexibility index (Phi) is 5.15. The molecule has 2 nitrogen and oxygen atoms in total. The molecule has 0 heterocycles. The van der Waals surface area contributed by atoms with Crippen LogP contribution in [0.15, 0.2) is 30.3 Å². The van der Waals surface area contributed by atoms with E-state index in [0.29, 0.717) is 5.75 Å². The Balaban J connectivity index is 2.08. The van der Waals surface area contributed by atoms with Gasteiger partial charge in [-0.3, -0.25) is 4.79 Å². The fourth-order valence-corrected chi connectivity index (χ4v) is 2.00. The Morgan fingerprint density at radius 3 is 2.57 bits per heavy atom. The van der Waals surface area contributed by atoms with E-state index in [2.05, 4.69) is 12.1 Å². The maximum atomic E-state index is 10.2. The highest BCUT2D eigenvalue weighted by Crippen LogP contribution is 2.07. The molecule has 1 rings (SSSR count). The SMILES string of the molecule is O=C(O)CCSCCc1ccccc1. The van der Waals surface area contributed by atoms with Crippen LogP contribution >= 0.6 is 11.8 Å². The minimum Gasteiger partial charge on any atom is -0.481 e. The van der Waals surface area contributed by atoms with Gasteiger partial charge in [-0.15, -0.1) is 0 Å². The zero-order chi connectivity index (χ0) is 10.2. The lowest BCUT2D eigenvalue weighted by atomic mass is 10.2. The molecule has 0 atom stereocenters. The second kappa shape index (κ2) is 6.49. The molecule has 1 aromatic rings. The van der Waals surface area contributed by atoms with Crippen LogP contribution in [0.4, 0.5) is 0 Å². The smallest absolute Gasteiger partial charge is 0.304 e. The predicted molar refractivity (Wildman–Crippen MR) is 59.7 cm³/mol. The molecule has 14 heavy (non-hydrogen) atoms. The predicted octanol–water partition coefficient (Wildman–Crippen LogP) is 2.44. The average Bonchev–Trinajstić information content (AvgIpc) is 2.18. The van der Waals surface area contributed by atoms with Gasteiger partial charge in [0.2, 0.25) is 0 Å². The highest BCUT2D eigenvalue weighted by molar-refractivity contribution is 7.99. The topological polar surface area (TPSA) is 37.3 Å². The molecule has 0 amide bonds. The summed E-state index contributed by atoms with van der Waals surface area (Å²) in [5.74, 6) is 0.997. The molecule has 0 unspecified atom stereocenters. The molecule has 0 aliphatic carbocycles. The maximum absolute atomic E-state index is 10.2. The van der Waals surface area contributed by atoms with Crippen molar-refractivity contribution in [2.45, 2.75) is 12.8 Å². The molecular formula is C11H14O2S. The maximum Gasteiger partial charge on any atom is 0.304 e. The Labute approximate surface area is 88.3 Å². The standard InChI is InChI=1S/C11H14O2S/c12-11(13)7-9-14-8-6-10-4-2-1-3-5-10/h1-5H,6-9H2,(H,12,13). The van der Waals surface area contributed by atoms with Crippen LogP contribution < -0.4 is 0 Å². The molecule has 0 aliphatic rings. The Bertz CT molecular complexity index is 272. The molecule has 0 aliphatic heterocycles. The van der Waals surface area contributed by atoms with Crippen LogP contribution in [0.3, 0.4) is 0 Å². The van der Waals surface area contributed by atoms with Gasteiger partial charge >= 0.3 is 5.97 Å². The van der Waals surface area contributed by atoms with E-state index in [-0.39, 0.29) is 6.42 Å². The van der Waals surface area contributed by atoms with E-state index in [1.165, 1.54) is 5.56 Å². The normalized spacial score (nSPS) is 10.0. The van der Waals surface area contributed by atoms with Gasteiger partial charge in [0, 0.05) is 5.75 Å². The van der Waals surface area contributed by atoms with E-state index in [1.807, 2.05) is 18.2 Å². The van der Waals surface area contributed by atoms with Crippen LogP contribution in [-0.4, -0.2) is 22.6 Å². The number of hydrogen-bond acceptors (Lipinski definition) is 2. The van der Waals surface area contributed by atoms with Crippen molar-refractivity contribution in [2.24, 2.45) is 0 Å². The van der Waals surface area contributed by atoms with Crippen LogP contribution in [0, 0.1) is 0 Å². The van der Waals surface area contributed by atoms with Gasteiger partial charge < -0.3 is 5.11 Å². The number of thioether (sulfide) groups is 1. The fraction of sp³-hybridized carbons (Fsp3) is 0.364. The summed E-state index contributed by atoms with van der Waals surface area (Å²) in [6.45, 7) is 0. The van der Waals surface area contributed by atoms with Crippen LogP contribution in [-0.2, 0) is 11.2 Å². The first-order valence-electron chi connectivity index (χ1n) is 4.62. The Morgan fingerprint density at radius 2 is 1.93 bits per heavy atom. The van der Waals surface area contributed by atoms with E-state index in [4.69, 9.17) is 5.11 Å². The molecule has 0 saturated heterocycles. The van der Waals surface area contributed by atoms with Crippen molar-refractivity contribution in [1.82, 2.24) is 0 Å². The number of aliphatic carboxylic acids is 1. The quantitative estimate of drug-likeness (QED) is 0.733. The van der Waals surface area contributed by atoms with E-state index < -0.39 is 5.97 Å². The lowest BCUT2D eigenvalue weighted by molar-refractivity contribution is -0.136. The Morgan fingerprint density at radius 1 is 1.21 bits per heavy atom. The van der Waals surface area contributed by atoms with E-state index >= 15 is 0 Å². The number of hydrogen-bond donors (Lipinski definition) is 1. The van der Waals surface area contributed by atoms with Gasteiger partial charge in [-0.05, 0) is 17.7 Å². The number of rotatable bonds is 6. The zero-order valence-corrected chi connectivity index (χ0v) is 8.80. The van der Waals surface area contributed by atoms with Gasteiger partial charge in [-0.2, -0.15) is 11.8 Å². The second-order valence-corrected chi connectivity index (χ2v) is 4.22. The lowest BCUT2D eigenvalue weighted by Gasteiger charge is -2.00. The van der Waals surface area contributed by atoms with Crippen LogP contribution in [0.1, 0.15) is 12.0 Å². The second-order valence-electron chi connectivity index (χ2n) is 2.99. The summed E-state index contributed by atoms with van der Waals surface area (Å²) < 4.78 is 0. The summed E-state index contributed by atoms with van der Waals surface area (Å²) in [7, 11) is 0. The van der Waals surface area contributed by atoms with Crippen molar-refractivity contribution < 1.29 is 9.90 Å². The van der Waals surface area contributed by atoms with Crippen molar-refractivity contribution in [1.29, 1.82) is 0 Å². The Hall–Kier alpha value is -0.960. The van der Waals surface area contributed by atoms with Gasteiger partial charge in [-0.25, -0.2) is 0 Å². The number of carboxylic acid groups (broad SMARTS) is 1. The largest absolute Gasteiger partial charge is 0.481 e. The number of aryl methyl sites for hydroxylation is 1. The van der Waals surface area contributed by atoms with Gasteiger partial charge in [-0.1, -0.05) is 30.3 Å². The van der Waals surface area contributed by atoms with Crippen molar-refractivity contribution in [3.63, 3.8) is 0 Å². The summed E-state index contributed by atoms with van der Waals surface area (Å²) in [5, 5.41) is 8.42. The summed E-state index contributed by atoms with van der Waals surface area (Å²) in [5.41, 5.74) is 1.32. The summed E-state index contributed by atoms with van der Waals surface area (Å²) in [6, 6.07) is 10.2. The molecule has 1 aromatic carbocycles. The lowest BCUT2D eigenvalue weighted by Crippen LogP contribution is -1.97. The minimum absolute atomic E-state index is 0.263. The number of benzene rings is 1. The molecule has 76 valence electrons. The highest BCUT2D eigenvalue weighted by Gasteiger charge is 1.96. The molecule has 1 N–H and O–H groups in total. The summed E-state index contributed by atoms with van der Waals surface area (Å²) in [6.07, 6.45) is 1.28. The number of carboxylic acids is 1. The van der Waals surface area contributed by atoms with E-state index in [0.717, 1.165) is 12.2 Å². The third-order valence-electron chi connectivity index (χ3n) is 1.84. The van der Waals surface area contributed by atoms with Crippen LogP contribution in [0.25, 0.3) is 0 Å². The van der Waals surface area contributed by atoms with Crippen LogP contribution in [0.5, 0.6) is 0 Å². The van der Waals surface area contributed by atoms with E-state index in [1.54, 1.807) is 11.8 Å². The number of carbonyl (C=O) groups is 1. The first-order valence-corrected chi connectivity index (χ1v) is 5.78. The van der Waals surface area contributed by atoms with Gasteiger partial charge in [0.05, 0.1) is 6.42 Å². The van der Waals surface area contributed by atoms with Gasteiger partial charge in [0.25, 0.3) is 0 Å². The van der Waals surface area contributed by atoms with E-state index in [9.17, 15) is 4.79 Å². The molecule has 0 fully saturated rings. The minimum atomic E-state index is -0.711. The molecule has 0 spiro atoms. The third-order valence-corrected chi connectivity index (χ3v) is 2.82. The monoisotopic (exact) mass is 210 g/mol. The van der Waals surface area contributed by atoms with Crippen molar-refractivity contribution in [2.75, 3.05) is 11.5 Å². The van der Waals surface area contributed by atoms with Gasteiger partial charge in [0.1, 0.15) is 0 Å². The first kappa shape index (κ1) is 11.1. The first-order chi connectivity index (χ1) is 6.79. The van der Waals surface area contributed by atoms with Crippen molar-refractivity contribution >= 4 is 17.7 Å². The van der Waals surface area contributed by atoms with Crippen molar-refractivity contribution in [3.05, 3.63) is 35.9 Å². The fourth-order valence-electron chi connectivity index (χ4n) is 1.10. The molecule has 0 radical (unpaired) electrons. The van der Waals surface area contributed by atoms with Crippen LogP contribution in [0.2, 0.25) is 0 Å². The molecular weight excluding hydrogens is 196 g/mol. The molecule has 0 saturated carbocycles. The van der Waals surface area contributed by atoms with Crippen molar-refractivity contribution in [3.8, 4) is 0 Å². The highest BCUT2D eigenvalue weighted by atomic mass is 32.2. The third kappa shape index (κ3) is 4.92. The molecule has 3 heteroatoms. The zero-order valence-electron chi connectivity index (χ0n) is 7.98. The average molecular weight is 210 g/mol.